The number of aliphatic hydroxyl groups is 1. The fourth-order valence-corrected chi connectivity index (χ4v) is 3.83. The van der Waals surface area contributed by atoms with Gasteiger partial charge in [-0.3, -0.25) is 9.59 Å². The number of amides is 1. The van der Waals surface area contributed by atoms with Crippen molar-refractivity contribution in [2.75, 3.05) is 26.3 Å². The van der Waals surface area contributed by atoms with Crippen LogP contribution in [0.25, 0.3) is 11.1 Å². The van der Waals surface area contributed by atoms with Crippen LogP contribution in [0.15, 0.2) is 53.3 Å². The van der Waals surface area contributed by atoms with Crippen molar-refractivity contribution in [1.29, 1.82) is 10.5 Å². The number of carbonyl (C=O) groups is 1. The lowest BCUT2D eigenvalue weighted by atomic mass is 10.0. The van der Waals surface area contributed by atoms with Gasteiger partial charge in [0.05, 0.1) is 5.56 Å². The van der Waals surface area contributed by atoms with Crippen LogP contribution in [0.1, 0.15) is 30.7 Å². The minimum absolute atomic E-state index is 0.0320. The molecule has 4 N–H and O–H groups in total. The Kier molecular flexibility index (Phi) is 10.3. The van der Waals surface area contributed by atoms with Crippen LogP contribution < -0.4 is 25.7 Å². The smallest absolute Gasteiger partial charge is 0.266 e. The van der Waals surface area contributed by atoms with Gasteiger partial charge in [0.2, 0.25) is 0 Å². The first-order chi connectivity index (χ1) is 19.0. The third kappa shape index (κ3) is 8.58. The number of nitriles is 2. The molecule has 1 amide bonds. The van der Waals surface area contributed by atoms with E-state index in [4.69, 9.17) is 31.6 Å². The second-order valence-electron chi connectivity index (χ2n) is 9.73. The Hall–Kier alpha value is -4.35. The molecule has 0 aliphatic rings. The zero-order valence-electron chi connectivity index (χ0n) is 22.4. The summed E-state index contributed by atoms with van der Waals surface area (Å²) in [6, 6.07) is 17.1. The summed E-state index contributed by atoms with van der Waals surface area (Å²) in [6.45, 7) is 5.74. The van der Waals surface area contributed by atoms with Crippen LogP contribution >= 0.6 is 11.6 Å². The zero-order valence-corrected chi connectivity index (χ0v) is 23.1. The van der Waals surface area contributed by atoms with Gasteiger partial charge in [-0.25, -0.2) is 0 Å². The lowest BCUT2D eigenvalue weighted by Crippen LogP contribution is -2.52. The van der Waals surface area contributed by atoms with Gasteiger partial charge in [0, 0.05) is 41.0 Å². The first kappa shape index (κ1) is 30.2. The molecular weight excluding hydrogens is 534 g/mol. The monoisotopic (exact) mass is 563 g/mol. The number of ether oxygens (including phenoxy) is 2. The molecular formula is C29H30ClN5O5. The first-order valence-electron chi connectivity index (χ1n) is 12.4. The van der Waals surface area contributed by atoms with Gasteiger partial charge in [-0.2, -0.15) is 10.5 Å². The van der Waals surface area contributed by atoms with Crippen LogP contribution in [0.5, 0.6) is 11.5 Å². The van der Waals surface area contributed by atoms with Crippen LogP contribution in [0, 0.1) is 29.6 Å². The molecule has 0 saturated carbocycles. The van der Waals surface area contributed by atoms with E-state index in [0.29, 0.717) is 27.8 Å². The molecule has 0 radical (unpaired) electrons. The predicted octanol–water partition coefficient (Wildman–Crippen LogP) is 3.05. The Balaban J connectivity index is 1.42. The SMILES string of the molecule is Cc1[nH]c(=O)c(C#N)cc1-c1ccc(OCC(=O)NCC(C)(C)NCC(O)COc2cc(Cl)ccc2C#N)cc1. The van der Waals surface area contributed by atoms with E-state index in [-0.39, 0.29) is 37.8 Å². The second-order valence-corrected chi connectivity index (χ2v) is 10.2. The number of nitrogens with zero attached hydrogens (tertiary/aromatic N) is 2. The number of pyridine rings is 1. The summed E-state index contributed by atoms with van der Waals surface area (Å²) in [5.74, 6) is 0.471. The van der Waals surface area contributed by atoms with E-state index in [0.717, 1.165) is 11.1 Å². The second kappa shape index (κ2) is 13.6. The summed E-state index contributed by atoms with van der Waals surface area (Å²) in [7, 11) is 0. The largest absolute Gasteiger partial charge is 0.489 e. The number of aliphatic hydroxyl groups excluding tert-OH is 1. The summed E-state index contributed by atoms with van der Waals surface area (Å²) >= 11 is 5.95. The number of carbonyl (C=O) groups excluding carboxylic acids is 1. The van der Waals surface area contributed by atoms with Gasteiger partial charge in [0.25, 0.3) is 11.5 Å². The third-order valence-corrected chi connectivity index (χ3v) is 6.17. The van der Waals surface area contributed by atoms with E-state index < -0.39 is 17.2 Å². The quantitative estimate of drug-likeness (QED) is 0.261. The van der Waals surface area contributed by atoms with Gasteiger partial charge in [0.15, 0.2) is 6.61 Å². The van der Waals surface area contributed by atoms with E-state index in [1.165, 1.54) is 6.07 Å². The Bertz CT molecular complexity index is 1490. The Morgan fingerprint density at radius 1 is 1.10 bits per heavy atom. The number of halogens is 1. The maximum absolute atomic E-state index is 12.3. The predicted molar refractivity (Wildman–Crippen MR) is 150 cm³/mol. The molecule has 1 unspecified atom stereocenters. The van der Waals surface area contributed by atoms with Gasteiger partial charge >= 0.3 is 0 Å². The van der Waals surface area contributed by atoms with E-state index in [1.807, 2.05) is 26.0 Å². The van der Waals surface area contributed by atoms with E-state index >= 15 is 0 Å². The van der Waals surface area contributed by atoms with Gasteiger partial charge in [0.1, 0.15) is 41.9 Å². The average molecular weight is 564 g/mol. The van der Waals surface area contributed by atoms with Crippen molar-refractivity contribution in [3.8, 4) is 34.8 Å². The average Bonchev–Trinajstić information content (AvgIpc) is 2.93. The van der Waals surface area contributed by atoms with E-state index in [9.17, 15) is 14.7 Å². The van der Waals surface area contributed by atoms with Crippen LogP contribution in [0.3, 0.4) is 0 Å². The Labute approximate surface area is 237 Å². The molecule has 0 aliphatic heterocycles. The molecule has 0 spiro atoms. The van der Waals surface area contributed by atoms with Crippen molar-refractivity contribution in [3.05, 3.63) is 80.7 Å². The summed E-state index contributed by atoms with van der Waals surface area (Å²) in [6.07, 6.45) is -0.863. The van der Waals surface area contributed by atoms with E-state index in [1.54, 1.807) is 49.4 Å². The maximum Gasteiger partial charge on any atom is 0.266 e. The first-order valence-corrected chi connectivity index (χ1v) is 12.8. The third-order valence-electron chi connectivity index (χ3n) is 5.93. The van der Waals surface area contributed by atoms with E-state index in [2.05, 4.69) is 15.6 Å². The summed E-state index contributed by atoms with van der Waals surface area (Å²) in [4.78, 5) is 26.8. The summed E-state index contributed by atoms with van der Waals surface area (Å²) in [5.41, 5.74) is 1.55. The fourth-order valence-electron chi connectivity index (χ4n) is 3.67. The lowest BCUT2D eigenvalue weighted by molar-refractivity contribution is -0.123. The normalized spacial score (nSPS) is 11.7. The Morgan fingerprint density at radius 3 is 2.48 bits per heavy atom. The highest BCUT2D eigenvalue weighted by Gasteiger charge is 2.20. The van der Waals surface area contributed by atoms with Crippen molar-refractivity contribution in [3.63, 3.8) is 0 Å². The van der Waals surface area contributed by atoms with Gasteiger partial charge in [-0.05, 0) is 56.7 Å². The molecule has 0 saturated heterocycles. The molecule has 0 fully saturated rings. The molecule has 0 aliphatic carbocycles. The number of rotatable bonds is 12. The minimum atomic E-state index is -0.863. The highest BCUT2D eigenvalue weighted by Crippen LogP contribution is 2.25. The van der Waals surface area contributed by atoms with Gasteiger partial charge < -0.3 is 30.2 Å². The summed E-state index contributed by atoms with van der Waals surface area (Å²) < 4.78 is 11.1. The van der Waals surface area contributed by atoms with Crippen molar-refractivity contribution < 1.29 is 19.4 Å². The number of H-pyrrole nitrogens is 1. The lowest BCUT2D eigenvalue weighted by Gasteiger charge is -2.28. The van der Waals surface area contributed by atoms with Crippen LogP contribution in [-0.4, -0.2) is 53.9 Å². The molecule has 3 rings (SSSR count). The molecule has 0 bridgehead atoms. The number of aryl methyl sites for hydroxylation is 1. The number of hydrogen-bond donors (Lipinski definition) is 4. The summed E-state index contributed by atoms with van der Waals surface area (Å²) in [5, 5.41) is 35.0. The van der Waals surface area contributed by atoms with Crippen LogP contribution in [0.2, 0.25) is 5.02 Å². The van der Waals surface area contributed by atoms with Crippen molar-refractivity contribution in [2.24, 2.45) is 0 Å². The van der Waals surface area contributed by atoms with Gasteiger partial charge in [-0.1, -0.05) is 23.7 Å². The van der Waals surface area contributed by atoms with Gasteiger partial charge in [-0.15, -0.1) is 0 Å². The van der Waals surface area contributed by atoms with Crippen molar-refractivity contribution in [2.45, 2.75) is 32.4 Å². The number of β-amino-alcohol motifs (C(OH)–C–C–N with tert-alkyl or cyclic N) is 1. The number of nitrogens with one attached hydrogen (secondary N) is 3. The minimum Gasteiger partial charge on any atom is -0.489 e. The molecule has 11 heteroatoms. The molecule has 3 aromatic rings. The fraction of sp³-hybridized carbons (Fsp3) is 0.310. The molecule has 208 valence electrons. The molecule has 10 nitrogen and oxygen atoms in total. The molecule has 40 heavy (non-hydrogen) atoms. The topological polar surface area (TPSA) is 160 Å². The Morgan fingerprint density at radius 2 is 1.80 bits per heavy atom. The van der Waals surface area contributed by atoms with Crippen LogP contribution in [0.4, 0.5) is 0 Å². The molecule has 1 heterocycles. The van der Waals surface area contributed by atoms with Crippen molar-refractivity contribution >= 4 is 17.5 Å². The molecule has 2 aromatic carbocycles. The van der Waals surface area contributed by atoms with Crippen molar-refractivity contribution in [1.82, 2.24) is 15.6 Å². The molecule has 1 aromatic heterocycles. The number of hydrogen-bond acceptors (Lipinski definition) is 8. The molecule has 1 atom stereocenters. The number of aromatic amines is 1. The maximum atomic E-state index is 12.3. The number of benzene rings is 2. The number of aromatic nitrogens is 1. The standard InChI is InChI=1S/C29H30ClN5O5/c1-18-25(10-21(13-32)28(38)35-18)19-5-8-24(9-6-19)39-16-27(37)33-17-29(2,3)34-14-23(36)15-40-26-11-22(30)7-4-20(26)12-31/h4-11,23,34,36H,14-17H2,1-3H3,(H,33,37)(H,35,38). The van der Waals surface area contributed by atoms with Crippen LogP contribution in [-0.2, 0) is 4.79 Å². The highest BCUT2D eigenvalue weighted by atomic mass is 35.5. The zero-order chi connectivity index (χ0) is 29.3. The highest BCUT2D eigenvalue weighted by molar-refractivity contribution is 6.30.